The highest BCUT2D eigenvalue weighted by atomic mass is 28.3. The normalized spacial score (nSPS) is 13.8. The maximum atomic E-state index is 13.4. The number of imide groups is 1. The van der Waals surface area contributed by atoms with E-state index in [-0.39, 0.29) is 12.7 Å². The fourth-order valence-electron chi connectivity index (χ4n) is 5.80. The zero-order valence-electron chi connectivity index (χ0n) is 25.6. The number of amides is 2. The van der Waals surface area contributed by atoms with Crippen molar-refractivity contribution in [1.82, 2.24) is 14.5 Å². The summed E-state index contributed by atoms with van der Waals surface area (Å²) in [6.07, 6.45) is 3.89. The van der Waals surface area contributed by atoms with Crippen LogP contribution in [0.25, 0.3) is 33.0 Å². The van der Waals surface area contributed by atoms with Crippen molar-refractivity contribution in [1.29, 1.82) is 0 Å². The lowest BCUT2D eigenvalue weighted by Gasteiger charge is -2.17. The van der Waals surface area contributed by atoms with Crippen molar-refractivity contribution in [2.24, 2.45) is 12.8 Å². The Balaban J connectivity index is 1.40. The van der Waals surface area contributed by atoms with Crippen LogP contribution >= 0.6 is 0 Å². The third kappa shape index (κ3) is 5.73. The lowest BCUT2D eigenvalue weighted by molar-refractivity contribution is -0.122. The first kappa shape index (κ1) is 29.6. The number of aryl methyl sites for hydroxylation is 1. The van der Waals surface area contributed by atoms with Gasteiger partial charge in [0.15, 0.2) is 6.79 Å². The maximum absolute atomic E-state index is 13.4. The second kappa shape index (κ2) is 11.9. The molecule has 9 heteroatoms. The van der Waals surface area contributed by atoms with Crippen molar-refractivity contribution < 1.29 is 19.1 Å². The minimum absolute atomic E-state index is 0.159. The van der Waals surface area contributed by atoms with Crippen LogP contribution in [0.1, 0.15) is 22.3 Å². The molecule has 0 atom stereocenters. The van der Waals surface area contributed by atoms with Gasteiger partial charge < -0.3 is 24.3 Å². The average Bonchev–Trinajstić information content (AvgIpc) is 3.62. The van der Waals surface area contributed by atoms with Crippen LogP contribution in [0.2, 0.25) is 25.7 Å². The Hall–Kier alpha value is -4.44. The Bertz CT molecular complexity index is 1930. The lowest BCUT2D eigenvalue weighted by Crippen LogP contribution is -2.22. The molecule has 3 aromatic carbocycles. The first-order chi connectivity index (χ1) is 21.1. The van der Waals surface area contributed by atoms with Crippen LogP contribution in [0.15, 0.2) is 79.1 Å². The highest BCUT2D eigenvalue weighted by Gasteiger charge is 2.35. The fraction of sp³-hybridized carbons (Fsp3) is 0.257. The molecule has 0 radical (unpaired) electrons. The van der Waals surface area contributed by atoms with Crippen molar-refractivity contribution >= 4 is 52.8 Å². The van der Waals surface area contributed by atoms with E-state index in [1.165, 1.54) is 0 Å². The number of carbonyl (C=O) groups is 2. The van der Waals surface area contributed by atoms with E-state index in [2.05, 4.69) is 29.5 Å². The van der Waals surface area contributed by atoms with Gasteiger partial charge in [0, 0.05) is 79.2 Å². The monoisotopic (exact) mass is 606 g/mol. The molecule has 1 aliphatic heterocycles. The number of hydrogen-bond donors (Lipinski definition) is 2. The van der Waals surface area contributed by atoms with Gasteiger partial charge in [-0.1, -0.05) is 68.2 Å². The molecule has 3 heterocycles. The van der Waals surface area contributed by atoms with E-state index < -0.39 is 14.0 Å². The summed E-state index contributed by atoms with van der Waals surface area (Å²) in [6.45, 7) is 8.68. The SMILES string of the molecule is Cn1cc(C2=C(c3cn(Cc4ccc(CN)cc4OCOCC[Si](C)(C)C)c4ccccc34)C(=O)NC2=O)c2ccccc21. The quantitative estimate of drug-likeness (QED) is 0.0844. The fourth-order valence-corrected chi connectivity index (χ4v) is 6.56. The molecule has 0 saturated heterocycles. The van der Waals surface area contributed by atoms with E-state index in [9.17, 15) is 9.59 Å². The molecule has 2 aromatic heterocycles. The van der Waals surface area contributed by atoms with Gasteiger partial charge in [-0.3, -0.25) is 14.9 Å². The van der Waals surface area contributed by atoms with Crippen molar-refractivity contribution in [2.75, 3.05) is 13.4 Å². The number of rotatable bonds is 11. The molecule has 8 nitrogen and oxygen atoms in total. The van der Waals surface area contributed by atoms with E-state index in [1.54, 1.807) is 0 Å². The Morgan fingerprint density at radius 3 is 2.16 bits per heavy atom. The van der Waals surface area contributed by atoms with Gasteiger partial charge in [0.2, 0.25) is 0 Å². The minimum atomic E-state index is -1.20. The molecule has 1 aliphatic rings. The Morgan fingerprint density at radius 2 is 1.48 bits per heavy atom. The summed E-state index contributed by atoms with van der Waals surface area (Å²) >= 11 is 0. The summed E-state index contributed by atoms with van der Waals surface area (Å²) in [5.74, 6) is -0.0715. The zero-order valence-corrected chi connectivity index (χ0v) is 26.6. The number of nitrogens with zero attached hydrogens (tertiary/aromatic N) is 2. The first-order valence-corrected chi connectivity index (χ1v) is 18.6. The van der Waals surface area contributed by atoms with Gasteiger partial charge >= 0.3 is 0 Å². The predicted molar refractivity (Wildman–Crippen MR) is 178 cm³/mol. The van der Waals surface area contributed by atoms with E-state index >= 15 is 0 Å². The standard InChI is InChI=1S/C35H38N4O4Si/c1-38-20-27(25-9-5-7-11-29(25)38)32-33(35(41)37-34(32)40)28-21-39(30-12-8-6-10-26(28)30)19-24-14-13-23(18-36)17-31(24)43-22-42-15-16-44(2,3)4/h5-14,17,20-21H,15-16,18-19,22,36H2,1-4H3,(H,37,40,41). The van der Waals surface area contributed by atoms with Crippen LogP contribution in [0.5, 0.6) is 5.75 Å². The van der Waals surface area contributed by atoms with Crippen molar-refractivity contribution in [2.45, 2.75) is 38.8 Å². The molecule has 226 valence electrons. The smallest absolute Gasteiger partial charge is 0.259 e. The second-order valence-electron chi connectivity index (χ2n) is 12.5. The van der Waals surface area contributed by atoms with Crippen molar-refractivity contribution in [3.8, 4) is 5.75 Å². The largest absolute Gasteiger partial charge is 0.467 e. The van der Waals surface area contributed by atoms with Crippen LogP contribution in [0.4, 0.5) is 0 Å². The highest BCUT2D eigenvalue weighted by Crippen LogP contribution is 2.39. The molecule has 5 aromatic rings. The predicted octanol–water partition coefficient (Wildman–Crippen LogP) is 5.90. The van der Waals surface area contributed by atoms with Gasteiger partial charge in [0.1, 0.15) is 5.75 Å². The number of hydrogen-bond acceptors (Lipinski definition) is 5. The second-order valence-corrected chi connectivity index (χ2v) is 18.1. The van der Waals surface area contributed by atoms with Gasteiger partial charge in [-0.2, -0.15) is 0 Å². The molecule has 0 aliphatic carbocycles. The molecular formula is C35H38N4O4Si. The number of fused-ring (bicyclic) bond motifs is 2. The lowest BCUT2D eigenvalue weighted by atomic mass is 9.95. The molecule has 0 unspecified atom stereocenters. The number of para-hydroxylation sites is 2. The third-order valence-electron chi connectivity index (χ3n) is 8.16. The number of ether oxygens (including phenoxy) is 2. The number of aromatic nitrogens is 2. The van der Waals surface area contributed by atoms with Gasteiger partial charge in [0.05, 0.1) is 17.7 Å². The molecule has 0 fully saturated rings. The third-order valence-corrected chi connectivity index (χ3v) is 9.86. The highest BCUT2D eigenvalue weighted by molar-refractivity contribution is 6.76. The summed E-state index contributed by atoms with van der Waals surface area (Å²) in [5, 5.41) is 4.37. The van der Waals surface area contributed by atoms with Crippen LogP contribution in [0, 0.1) is 0 Å². The molecule has 3 N–H and O–H groups in total. The van der Waals surface area contributed by atoms with Gasteiger partial charge in [-0.05, 0) is 29.8 Å². The topological polar surface area (TPSA) is 101 Å². The molecular weight excluding hydrogens is 568 g/mol. The van der Waals surface area contributed by atoms with Gasteiger partial charge in [0.25, 0.3) is 11.8 Å². The number of benzene rings is 3. The van der Waals surface area contributed by atoms with Gasteiger partial charge in [-0.25, -0.2) is 0 Å². The van der Waals surface area contributed by atoms with E-state index in [1.807, 2.05) is 90.7 Å². The van der Waals surface area contributed by atoms with E-state index in [4.69, 9.17) is 15.2 Å². The number of nitrogens with two attached hydrogens (primary N) is 1. The first-order valence-electron chi connectivity index (χ1n) is 14.9. The summed E-state index contributed by atoms with van der Waals surface area (Å²) in [7, 11) is 0.742. The van der Waals surface area contributed by atoms with Crippen molar-refractivity contribution in [3.63, 3.8) is 0 Å². The van der Waals surface area contributed by atoms with Crippen LogP contribution < -0.4 is 15.8 Å². The average molecular weight is 607 g/mol. The molecule has 6 rings (SSSR count). The van der Waals surface area contributed by atoms with E-state index in [0.29, 0.717) is 42.2 Å². The molecule has 0 spiro atoms. The van der Waals surface area contributed by atoms with Crippen LogP contribution in [-0.2, 0) is 34.5 Å². The molecule has 2 amide bonds. The Kier molecular flexibility index (Phi) is 8.02. The summed E-state index contributed by atoms with van der Waals surface area (Å²) in [5.41, 5.74) is 12.0. The summed E-state index contributed by atoms with van der Waals surface area (Å²) < 4.78 is 16.1. The summed E-state index contributed by atoms with van der Waals surface area (Å²) in [4.78, 5) is 26.8. The number of carbonyl (C=O) groups excluding carboxylic acids is 2. The number of nitrogens with one attached hydrogen (secondary N) is 1. The van der Waals surface area contributed by atoms with Gasteiger partial charge in [-0.15, -0.1) is 0 Å². The minimum Gasteiger partial charge on any atom is -0.467 e. The summed E-state index contributed by atoms with van der Waals surface area (Å²) in [6, 6.07) is 22.9. The Labute approximate surface area is 258 Å². The van der Waals surface area contributed by atoms with Crippen LogP contribution in [0.3, 0.4) is 0 Å². The Morgan fingerprint density at radius 1 is 0.841 bits per heavy atom. The zero-order chi connectivity index (χ0) is 31.0. The maximum Gasteiger partial charge on any atom is 0.259 e. The molecule has 0 bridgehead atoms. The van der Waals surface area contributed by atoms with Crippen molar-refractivity contribution in [3.05, 3.63) is 101 Å². The molecule has 44 heavy (non-hydrogen) atoms. The van der Waals surface area contributed by atoms with Crippen LogP contribution in [-0.4, -0.2) is 42.4 Å². The van der Waals surface area contributed by atoms with E-state index in [0.717, 1.165) is 44.5 Å². The molecule has 0 saturated carbocycles.